The van der Waals surface area contributed by atoms with E-state index in [1.807, 2.05) is 30.3 Å². The van der Waals surface area contributed by atoms with Crippen LogP contribution in [-0.2, 0) is 27.3 Å². The summed E-state index contributed by atoms with van der Waals surface area (Å²) in [5.74, 6) is -0.906. The van der Waals surface area contributed by atoms with Crippen molar-refractivity contribution in [1.82, 2.24) is 25.5 Å². The van der Waals surface area contributed by atoms with E-state index in [2.05, 4.69) is 20.8 Å². The summed E-state index contributed by atoms with van der Waals surface area (Å²) in [6.45, 7) is 0.0629. The number of hydrogen-bond acceptors (Lipinski definition) is 6. The number of benzene rings is 1. The summed E-state index contributed by atoms with van der Waals surface area (Å²) in [6, 6.07) is 9.79. The smallest absolute Gasteiger partial charge is 0.328 e. The predicted octanol–water partition coefficient (Wildman–Crippen LogP) is -0.425. The maximum atomic E-state index is 11.5. The van der Waals surface area contributed by atoms with Gasteiger partial charge in [-0.1, -0.05) is 30.3 Å². The number of ether oxygens (including phenoxy) is 1. The van der Waals surface area contributed by atoms with E-state index in [9.17, 15) is 9.59 Å². The molecule has 0 aliphatic rings. The molecule has 1 heterocycles. The first-order chi connectivity index (χ1) is 10.2. The van der Waals surface area contributed by atoms with E-state index in [0.29, 0.717) is 6.54 Å². The number of carbonyl (C=O) groups is 2. The van der Waals surface area contributed by atoms with Crippen molar-refractivity contribution in [2.75, 3.05) is 13.2 Å². The number of nitrogens with one attached hydrogen (secondary N) is 1. The van der Waals surface area contributed by atoms with Gasteiger partial charge in [-0.05, 0) is 22.4 Å². The lowest BCUT2D eigenvalue weighted by Crippen LogP contribution is -2.31. The number of amides is 1. The molecular formula is C13H15N5O3. The minimum atomic E-state index is -0.569. The van der Waals surface area contributed by atoms with E-state index in [4.69, 9.17) is 4.74 Å². The summed E-state index contributed by atoms with van der Waals surface area (Å²) < 4.78 is 6.03. The summed E-state index contributed by atoms with van der Waals surface area (Å²) in [4.78, 5) is 22.9. The molecule has 0 atom stereocenters. The zero-order valence-electron chi connectivity index (χ0n) is 11.3. The van der Waals surface area contributed by atoms with Gasteiger partial charge < -0.3 is 10.1 Å². The molecule has 0 saturated carbocycles. The standard InChI is InChI=1S/C13H15N5O3/c19-12(14-7-6-11-4-2-1-3-5-11)9-21-13(20)8-18-10-15-16-17-18/h1-5,10H,6-9H2,(H,14,19). The molecule has 0 fully saturated rings. The van der Waals surface area contributed by atoms with Gasteiger partial charge in [-0.15, -0.1) is 5.10 Å². The minimum absolute atomic E-state index is 0.121. The normalized spacial score (nSPS) is 10.1. The van der Waals surface area contributed by atoms with E-state index < -0.39 is 5.97 Å². The minimum Gasteiger partial charge on any atom is -0.454 e. The van der Waals surface area contributed by atoms with Gasteiger partial charge in [0, 0.05) is 6.54 Å². The van der Waals surface area contributed by atoms with Crippen LogP contribution >= 0.6 is 0 Å². The van der Waals surface area contributed by atoms with Gasteiger partial charge in [0.1, 0.15) is 12.9 Å². The highest BCUT2D eigenvalue weighted by atomic mass is 16.5. The van der Waals surface area contributed by atoms with Gasteiger partial charge in [-0.2, -0.15) is 0 Å². The quantitative estimate of drug-likeness (QED) is 0.695. The fraction of sp³-hybridized carbons (Fsp3) is 0.308. The van der Waals surface area contributed by atoms with Crippen molar-refractivity contribution in [2.24, 2.45) is 0 Å². The van der Waals surface area contributed by atoms with Crippen molar-refractivity contribution in [3.05, 3.63) is 42.2 Å². The number of carbonyl (C=O) groups excluding carboxylic acids is 2. The van der Waals surface area contributed by atoms with Crippen molar-refractivity contribution >= 4 is 11.9 Å². The summed E-state index contributed by atoms with van der Waals surface area (Å²) in [6.07, 6.45) is 2.02. The molecule has 0 aliphatic carbocycles. The Hall–Kier alpha value is -2.77. The van der Waals surface area contributed by atoms with E-state index in [0.717, 1.165) is 12.0 Å². The van der Waals surface area contributed by atoms with Crippen LogP contribution in [-0.4, -0.2) is 45.2 Å². The number of nitrogens with zero attached hydrogens (tertiary/aromatic N) is 4. The summed E-state index contributed by atoms with van der Waals surface area (Å²) in [5, 5.41) is 13.0. The second-order valence-corrected chi connectivity index (χ2v) is 4.25. The molecule has 0 spiro atoms. The lowest BCUT2D eigenvalue weighted by atomic mass is 10.1. The Labute approximate surface area is 121 Å². The summed E-state index contributed by atoms with van der Waals surface area (Å²) in [5.41, 5.74) is 1.13. The fourth-order valence-corrected chi connectivity index (χ4v) is 1.62. The summed E-state index contributed by atoms with van der Waals surface area (Å²) in [7, 11) is 0. The van der Waals surface area contributed by atoms with Crippen molar-refractivity contribution in [2.45, 2.75) is 13.0 Å². The molecule has 2 rings (SSSR count). The SMILES string of the molecule is O=C(COC(=O)Cn1cnnn1)NCCc1ccccc1. The molecule has 1 aromatic carbocycles. The molecule has 0 radical (unpaired) electrons. The largest absolute Gasteiger partial charge is 0.454 e. The van der Waals surface area contributed by atoms with Gasteiger partial charge >= 0.3 is 5.97 Å². The van der Waals surface area contributed by atoms with Crippen molar-refractivity contribution in [3.63, 3.8) is 0 Å². The second-order valence-electron chi connectivity index (χ2n) is 4.25. The van der Waals surface area contributed by atoms with E-state index in [-0.39, 0.29) is 19.1 Å². The van der Waals surface area contributed by atoms with Crippen LogP contribution < -0.4 is 5.32 Å². The highest BCUT2D eigenvalue weighted by molar-refractivity contribution is 5.80. The number of aromatic nitrogens is 4. The summed E-state index contributed by atoms with van der Waals surface area (Å²) >= 11 is 0. The van der Waals surface area contributed by atoms with Crippen LogP contribution in [0.2, 0.25) is 0 Å². The third kappa shape index (κ3) is 5.39. The van der Waals surface area contributed by atoms with Gasteiger partial charge in [0.05, 0.1) is 0 Å². The Morgan fingerprint density at radius 2 is 2.05 bits per heavy atom. The molecule has 0 aliphatic heterocycles. The molecule has 1 N–H and O–H groups in total. The van der Waals surface area contributed by atoms with E-state index in [1.54, 1.807) is 0 Å². The highest BCUT2D eigenvalue weighted by Gasteiger charge is 2.08. The maximum Gasteiger partial charge on any atom is 0.328 e. The Morgan fingerprint density at radius 1 is 1.24 bits per heavy atom. The van der Waals surface area contributed by atoms with Crippen LogP contribution in [0.4, 0.5) is 0 Å². The first kappa shape index (κ1) is 14.6. The first-order valence-corrected chi connectivity index (χ1v) is 6.41. The van der Waals surface area contributed by atoms with Crippen LogP contribution in [0.1, 0.15) is 5.56 Å². The number of hydrogen-bond donors (Lipinski definition) is 1. The number of rotatable bonds is 7. The lowest BCUT2D eigenvalue weighted by Gasteiger charge is -2.06. The molecule has 1 amide bonds. The van der Waals surface area contributed by atoms with Gasteiger partial charge in [-0.25, -0.2) is 4.68 Å². The predicted molar refractivity (Wildman–Crippen MR) is 71.9 cm³/mol. The number of esters is 1. The lowest BCUT2D eigenvalue weighted by molar-refractivity contribution is -0.149. The topological polar surface area (TPSA) is 99.0 Å². The van der Waals surface area contributed by atoms with Gasteiger partial charge in [0.25, 0.3) is 5.91 Å². The second kappa shape index (κ2) is 7.73. The molecule has 8 heteroatoms. The van der Waals surface area contributed by atoms with Gasteiger partial charge in [-0.3, -0.25) is 9.59 Å². The van der Waals surface area contributed by atoms with E-state index in [1.165, 1.54) is 11.0 Å². The first-order valence-electron chi connectivity index (χ1n) is 6.41. The van der Waals surface area contributed by atoms with Crippen LogP contribution in [0, 0.1) is 0 Å². The van der Waals surface area contributed by atoms with Crippen LogP contribution in [0.15, 0.2) is 36.7 Å². The van der Waals surface area contributed by atoms with Crippen molar-refractivity contribution in [3.8, 4) is 0 Å². The molecule has 0 saturated heterocycles. The van der Waals surface area contributed by atoms with Crippen molar-refractivity contribution < 1.29 is 14.3 Å². The van der Waals surface area contributed by atoms with E-state index >= 15 is 0 Å². The van der Waals surface area contributed by atoms with Gasteiger partial charge in [0.15, 0.2) is 6.61 Å². The Balaban J connectivity index is 1.60. The van der Waals surface area contributed by atoms with Crippen LogP contribution in [0.25, 0.3) is 0 Å². The third-order valence-electron chi connectivity index (χ3n) is 2.63. The Bertz CT molecular complexity index is 571. The molecule has 1 aromatic heterocycles. The molecular weight excluding hydrogens is 274 g/mol. The molecule has 110 valence electrons. The average molecular weight is 289 g/mol. The molecule has 21 heavy (non-hydrogen) atoms. The zero-order chi connectivity index (χ0) is 14.9. The monoisotopic (exact) mass is 289 g/mol. The highest BCUT2D eigenvalue weighted by Crippen LogP contribution is 1.98. The fourth-order valence-electron chi connectivity index (χ4n) is 1.62. The third-order valence-corrected chi connectivity index (χ3v) is 2.63. The molecule has 0 bridgehead atoms. The van der Waals surface area contributed by atoms with Gasteiger partial charge in [0.2, 0.25) is 0 Å². The Morgan fingerprint density at radius 3 is 2.76 bits per heavy atom. The zero-order valence-corrected chi connectivity index (χ0v) is 11.3. The maximum absolute atomic E-state index is 11.5. The molecule has 8 nitrogen and oxygen atoms in total. The Kier molecular flexibility index (Phi) is 5.39. The van der Waals surface area contributed by atoms with Crippen molar-refractivity contribution in [1.29, 1.82) is 0 Å². The van der Waals surface area contributed by atoms with Crippen LogP contribution in [0.5, 0.6) is 0 Å². The average Bonchev–Trinajstić information content (AvgIpc) is 2.99. The molecule has 0 unspecified atom stereocenters. The van der Waals surface area contributed by atoms with Crippen LogP contribution in [0.3, 0.4) is 0 Å². The number of tetrazole rings is 1. The molecule has 2 aromatic rings.